The Kier molecular flexibility index (Phi) is 9.15. The molecule has 1 atom stereocenters. The molecule has 1 saturated carbocycles. The summed E-state index contributed by atoms with van der Waals surface area (Å²) >= 11 is 0. The number of aryl methyl sites for hydroxylation is 1. The number of ether oxygens (including phenoxy) is 1. The molecule has 3 amide bonds. The average molecular weight is 542 g/mol. The summed E-state index contributed by atoms with van der Waals surface area (Å²) < 4.78 is 8.33. The van der Waals surface area contributed by atoms with E-state index in [1.807, 2.05) is 26.8 Å². The van der Waals surface area contributed by atoms with Crippen LogP contribution in [0.15, 0.2) is 23.0 Å². The SMILES string of the molecule is CC(C)(C)OC(=O)NC1CCNCC1.Cn1c(=O)n(C2CCC(=O)NC2=O)c2ccc(C3CCCCC3)cc21. The molecule has 1 aromatic carbocycles. The number of alkyl carbamates (subject to hydrolysis) is 1. The molecule has 0 bridgehead atoms. The largest absolute Gasteiger partial charge is 0.444 e. The summed E-state index contributed by atoms with van der Waals surface area (Å²) in [5.74, 6) is -0.0940. The number of fused-ring (bicyclic) bond motifs is 1. The van der Waals surface area contributed by atoms with Crippen molar-refractivity contribution >= 4 is 28.9 Å². The van der Waals surface area contributed by atoms with Crippen molar-refractivity contribution in [2.75, 3.05) is 13.1 Å². The predicted molar refractivity (Wildman–Crippen MR) is 150 cm³/mol. The molecular formula is C29H43N5O5. The first kappa shape index (κ1) is 28.9. The van der Waals surface area contributed by atoms with Crippen LogP contribution in [0.2, 0.25) is 0 Å². The van der Waals surface area contributed by atoms with Gasteiger partial charge in [-0.05, 0) is 89.6 Å². The number of hydrogen-bond donors (Lipinski definition) is 3. The Morgan fingerprint density at radius 3 is 2.31 bits per heavy atom. The molecule has 2 saturated heterocycles. The molecule has 0 spiro atoms. The zero-order chi connectivity index (χ0) is 28.2. The van der Waals surface area contributed by atoms with E-state index in [2.05, 4.69) is 28.1 Å². The maximum atomic E-state index is 12.8. The van der Waals surface area contributed by atoms with Crippen LogP contribution in [-0.2, 0) is 21.4 Å². The van der Waals surface area contributed by atoms with E-state index in [0.29, 0.717) is 12.3 Å². The van der Waals surface area contributed by atoms with Gasteiger partial charge in [0, 0.05) is 19.5 Å². The lowest BCUT2D eigenvalue weighted by Gasteiger charge is -2.26. The van der Waals surface area contributed by atoms with Crippen molar-refractivity contribution in [2.24, 2.45) is 7.05 Å². The van der Waals surface area contributed by atoms with E-state index in [1.54, 1.807) is 16.2 Å². The molecule has 2 aliphatic heterocycles. The van der Waals surface area contributed by atoms with Gasteiger partial charge in [0.15, 0.2) is 0 Å². The Morgan fingerprint density at radius 1 is 0.974 bits per heavy atom. The maximum absolute atomic E-state index is 12.8. The number of amides is 3. The number of imidazole rings is 1. The summed E-state index contributed by atoms with van der Waals surface area (Å²) in [4.78, 5) is 47.8. The second-order valence-corrected chi connectivity index (χ2v) is 11.9. The molecule has 214 valence electrons. The summed E-state index contributed by atoms with van der Waals surface area (Å²) in [6, 6.07) is 5.82. The second-order valence-electron chi connectivity index (χ2n) is 11.9. The normalized spacial score (nSPS) is 21.2. The van der Waals surface area contributed by atoms with Crippen molar-refractivity contribution in [1.29, 1.82) is 0 Å². The van der Waals surface area contributed by atoms with Gasteiger partial charge < -0.3 is 15.4 Å². The number of piperidine rings is 2. The first-order chi connectivity index (χ1) is 18.5. The third kappa shape index (κ3) is 7.29. The molecule has 1 unspecified atom stereocenters. The van der Waals surface area contributed by atoms with Gasteiger partial charge in [-0.1, -0.05) is 25.3 Å². The fraction of sp³-hybridized carbons (Fsp3) is 0.655. The molecule has 0 radical (unpaired) electrons. The lowest BCUT2D eigenvalue weighted by molar-refractivity contribution is -0.135. The summed E-state index contributed by atoms with van der Waals surface area (Å²) in [5.41, 5.74) is 2.30. The lowest BCUT2D eigenvalue weighted by Crippen LogP contribution is -2.44. The van der Waals surface area contributed by atoms with Crippen LogP contribution in [0.25, 0.3) is 11.0 Å². The van der Waals surface area contributed by atoms with Gasteiger partial charge in [0.1, 0.15) is 11.6 Å². The highest BCUT2D eigenvalue weighted by Gasteiger charge is 2.31. The molecule has 10 nitrogen and oxygen atoms in total. The molecule has 3 fully saturated rings. The van der Waals surface area contributed by atoms with Crippen LogP contribution in [0.4, 0.5) is 4.79 Å². The number of nitrogens with one attached hydrogen (secondary N) is 3. The van der Waals surface area contributed by atoms with Gasteiger partial charge in [0.25, 0.3) is 0 Å². The van der Waals surface area contributed by atoms with Crippen molar-refractivity contribution in [1.82, 2.24) is 25.1 Å². The Balaban J connectivity index is 0.000000215. The molecule has 1 aliphatic carbocycles. The standard InChI is InChI=1S/C19H23N3O3.C10H20N2O2/c1-21-16-11-13(12-5-3-2-4-6-12)7-8-14(16)22(19(21)25)15-9-10-17(23)20-18(15)24;1-10(2,3)14-9(13)12-8-4-6-11-7-5-8/h7-8,11-12,15H,2-6,9-10H2,1H3,(H,20,23,24);8,11H,4-7H2,1-3H3,(H,12,13). The van der Waals surface area contributed by atoms with E-state index in [1.165, 1.54) is 37.7 Å². The molecule has 39 heavy (non-hydrogen) atoms. The van der Waals surface area contributed by atoms with Crippen LogP contribution in [0.3, 0.4) is 0 Å². The van der Waals surface area contributed by atoms with Crippen LogP contribution >= 0.6 is 0 Å². The number of benzene rings is 1. The number of rotatable bonds is 3. The number of nitrogens with zero attached hydrogens (tertiary/aromatic N) is 2. The zero-order valence-electron chi connectivity index (χ0n) is 23.7. The van der Waals surface area contributed by atoms with E-state index in [0.717, 1.165) is 37.0 Å². The first-order valence-electron chi connectivity index (χ1n) is 14.3. The lowest BCUT2D eigenvalue weighted by atomic mass is 9.84. The van der Waals surface area contributed by atoms with Crippen molar-refractivity contribution in [3.63, 3.8) is 0 Å². The highest BCUT2D eigenvalue weighted by molar-refractivity contribution is 6.00. The van der Waals surface area contributed by atoms with Gasteiger partial charge in [-0.3, -0.25) is 24.0 Å². The monoisotopic (exact) mass is 541 g/mol. The highest BCUT2D eigenvalue weighted by Crippen LogP contribution is 2.34. The Hall–Kier alpha value is -3.14. The van der Waals surface area contributed by atoms with Gasteiger partial charge in [-0.2, -0.15) is 0 Å². The van der Waals surface area contributed by atoms with Crippen molar-refractivity contribution < 1.29 is 19.1 Å². The van der Waals surface area contributed by atoms with Gasteiger partial charge >= 0.3 is 11.8 Å². The summed E-state index contributed by atoms with van der Waals surface area (Å²) in [5, 5.41) is 8.46. The molecule has 5 rings (SSSR count). The van der Waals surface area contributed by atoms with Crippen molar-refractivity contribution in [2.45, 2.75) is 102 Å². The molecule has 3 N–H and O–H groups in total. The minimum Gasteiger partial charge on any atom is -0.444 e. The van der Waals surface area contributed by atoms with Crippen LogP contribution in [0.1, 0.15) is 96.1 Å². The summed E-state index contributed by atoms with van der Waals surface area (Å²) in [6.07, 6.45) is 8.54. The van der Waals surface area contributed by atoms with Crippen LogP contribution in [0.5, 0.6) is 0 Å². The third-order valence-corrected chi connectivity index (χ3v) is 7.77. The second kappa shape index (κ2) is 12.4. The minimum absolute atomic E-state index is 0.203. The Bertz CT molecular complexity index is 1250. The van der Waals surface area contributed by atoms with Crippen molar-refractivity contribution in [3.05, 3.63) is 34.2 Å². The van der Waals surface area contributed by atoms with E-state index in [-0.39, 0.29) is 36.1 Å². The molecule has 2 aromatic rings. The number of imide groups is 1. The van der Waals surface area contributed by atoms with Gasteiger partial charge in [-0.25, -0.2) is 9.59 Å². The van der Waals surface area contributed by atoms with E-state index >= 15 is 0 Å². The third-order valence-electron chi connectivity index (χ3n) is 7.77. The Morgan fingerprint density at radius 2 is 1.67 bits per heavy atom. The fourth-order valence-corrected chi connectivity index (χ4v) is 5.74. The quantitative estimate of drug-likeness (QED) is 0.510. The topological polar surface area (TPSA) is 123 Å². The molecular weight excluding hydrogens is 498 g/mol. The average Bonchev–Trinajstić information content (AvgIpc) is 3.14. The first-order valence-corrected chi connectivity index (χ1v) is 14.3. The van der Waals surface area contributed by atoms with Crippen LogP contribution < -0.4 is 21.6 Å². The van der Waals surface area contributed by atoms with Crippen molar-refractivity contribution in [3.8, 4) is 0 Å². The van der Waals surface area contributed by atoms with Crippen LogP contribution in [-0.4, -0.2) is 51.8 Å². The molecule has 3 aliphatic rings. The number of carbonyl (C=O) groups is 3. The smallest absolute Gasteiger partial charge is 0.407 e. The Labute approximate surface area is 229 Å². The van der Waals surface area contributed by atoms with E-state index < -0.39 is 11.6 Å². The fourth-order valence-electron chi connectivity index (χ4n) is 5.74. The maximum Gasteiger partial charge on any atom is 0.407 e. The van der Waals surface area contributed by atoms with Gasteiger partial charge in [0.2, 0.25) is 11.8 Å². The molecule has 10 heteroatoms. The highest BCUT2D eigenvalue weighted by atomic mass is 16.6. The molecule has 3 heterocycles. The predicted octanol–water partition coefficient (Wildman–Crippen LogP) is 3.63. The zero-order valence-corrected chi connectivity index (χ0v) is 23.7. The number of aromatic nitrogens is 2. The number of hydrogen-bond acceptors (Lipinski definition) is 6. The summed E-state index contributed by atoms with van der Waals surface area (Å²) in [6.45, 7) is 7.56. The van der Waals surface area contributed by atoms with E-state index in [4.69, 9.17) is 4.74 Å². The minimum atomic E-state index is -0.616. The number of carbonyl (C=O) groups excluding carboxylic acids is 3. The van der Waals surface area contributed by atoms with Gasteiger partial charge in [0.05, 0.1) is 11.0 Å². The van der Waals surface area contributed by atoms with Crippen LogP contribution in [0, 0.1) is 0 Å². The molecule has 1 aromatic heterocycles. The van der Waals surface area contributed by atoms with E-state index in [9.17, 15) is 19.2 Å². The van der Waals surface area contributed by atoms with Gasteiger partial charge in [-0.15, -0.1) is 0 Å². The summed E-state index contributed by atoms with van der Waals surface area (Å²) in [7, 11) is 1.75.